The molecule has 2 rings (SSSR count). The zero-order valence-electron chi connectivity index (χ0n) is 12.4. The molecule has 3 N–H and O–H groups in total. The standard InChI is InChI=1S/C16H16N2O4S/c1-21-13-4-2-3-5-14(13)22-10-15(20)18-16(23)17-11-6-8-12(19)9-7-11/h2-9,19H,10H2,1H3,(H2,17,18,20,23). The monoisotopic (exact) mass is 332 g/mol. The number of aromatic hydroxyl groups is 1. The summed E-state index contributed by atoms with van der Waals surface area (Å²) in [6.45, 7) is -0.197. The lowest BCUT2D eigenvalue weighted by Gasteiger charge is -2.12. The number of hydrogen-bond acceptors (Lipinski definition) is 5. The first kappa shape index (κ1) is 16.6. The van der Waals surface area contributed by atoms with Crippen molar-refractivity contribution in [2.24, 2.45) is 0 Å². The summed E-state index contributed by atoms with van der Waals surface area (Å²) in [6.07, 6.45) is 0. The van der Waals surface area contributed by atoms with Crippen LogP contribution in [-0.2, 0) is 4.79 Å². The maximum atomic E-state index is 11.8. The summed E-state index contributed by atoms with van der Waals surface area (Å²) in [5.74, 6) is 0.774. The summed E-state index contributed by atoms with van der Waals surface area (Å²) in [6, 6.07) is 13.3. The highest BCUT2D eigenvalue weighted by Gasteiger charge is 2.08. The molecule has 0 aliphatic carbocycles. The van der Waals surface area contributed by atoms with Crippen molar-refractivity contribution in [1.29, 1.82) is 0 Å². The van der Waals surface area contributed by atoms with Crippen LogP contribution >= 0.6 is 12.2 Å². The van der Waals surface area contributed by atoms with Crippen LogP contribution in [0.15, 0.2) is 48.5 Å². The number of phenols is 1. The van der Waals surface area contributed by atoms with Crippen LogP contribution in [-0.4, -0.2) is 29.8 Å². The van der Waals surface area contributed by atoms with Crippen LogP contribution < -0.4 is 20.1 Å². The summed E-state index contributed by atoms with van der Waals surface area (Å²) in [4.78, 5) is 11.8. The van der Waals surface area contributed by atoms with Crippen LogP contribution in [0.1, 0.15) is 0 Å². The Morgan fingerprint density at radius 2 is 1.78 bits per heavy atom. The van der Waals surface area contributed by atoms with Gasteiger partial charge in [0.15, 0.2) is 23.2 Å². The van der Waals surface area contributed by atoms with Gasteiger partial charge in [0.2, 0.25) is 0 Å². The van der Waals surface area contributed by atoms with Crippen molar-refractivity contribution in [3.05, 3.63) is 48.5 Å². The molecule has 0 heterocycles. The van der Waals surface area contributed by atoms with E-state index in [1.807, 2.05) is 6.07 Å². The van der Waals surface area contributed by atoms with E-state index in [1.54, 1.807) is 30.3 Å². The molecule has 0 fully saturated rings. The number of hydrogen-bond donors (Lipinski definition) is 3. The van der Waals surface area contributed by atoms with E-state index in [1.165, 1.54) is 19.2 Å². The van der Waals surface area contributed by atoms with Gasteiger partial charge in [-0.05, 0) is 48.6 Å². The van der Waals surface area contributed by atoms with Gasteiger partial charge in [-0.1, -0.05) is 12.1 Å². The molecule has 0 aliphatic rings. The highest BCUT2D eigenvalue weighted by atomic mass is 32.1. The highest BCUT2D eigenvalue weighted by Crippen LogP contribution is 2.25. The van der Waals surface area contributed by atoms with Gasteiger partial charge in [-0.2, -0.15) is 0 Å². The number of nitrogens with one attached hydrogen (secondary N) is 2. The minimum Gasteiger partial charge on any atom is -0.508 e. The number of benzene rings is 2. The SMILES string of the molecule is COc1ccccc1OCC(=O)NC(=S)Nc1ccc(O)cc1. The normalized spacial score (nSPS) is 9.78. The Morgan fingerprint density at radius 1 is 1.13 bits per heavy atom. The number of carbonyl (C=O) groups excluding carboxylic acids is 1. The Kier molecular flexibility index (Phi) is 5.76. The molecule has 0 saturated carbocycles. The summed E-state index contributed by atoms with van der Waals surface area (Å²) >= 11 is 5.04. The second-order valence-corrected chi connectivity index (χ2v) is 4.90. The first-order chi connectivity index (χ1) is 11.1. The van der Waals surface area contributed by atoms with Gasteiger partial charge in [-0.3, -0.25) is 10.1 Å². The number of phenolic OH excluding ortho intramolecular Hbond substituents is 1. The lowest BCUT2D eigenvalue weighted by Crippen LogP contribution is -2.37. The van der Waals surface area contributed by atoms with Gasteiger partial charge in [0, 0.05) is 5.69 Å². The van der Waals surface area contributed by atoms with E-state index >= 15 is 0 Å². The van der Waals surface area contributed by atoms with Gasteiger partial charge < -0.3 is 19.9 Å². The predicted molar refractivity (Wildman–Crippen MR) is 91.0 cm³/mol. The van der Waals surface area contributed by atoms with Crippen LogP contribution in [0.4, 0.5) is 5.69 Å². The second-order valence-electron chi connectivity index (χ2n) is 4.49. The number of thiocarbonyl (C=S) groups is 1. The first-order valence-corrected chi connectivity index (χ1v) is 7.15. The van der Waals surface area contributed by atoms with Crippen molar-refractivity contribution in [1.82, 2.24) is 5.32 Å². The molecule has 0 spiro atoms. The van der Waals surface area contributed by atoms with Crippen molar-refractivity contribution in [3.63, 3.8) is 0 Å². The largest absolute Gasteiger partial charge is 0.508 e. The lowest BCUT2D eigenvalue weighted by molar-refractivity contribution is -0.121. The molecule has 0 aromatic heterocycles. The Labute approximate surface area is 139 Å². The fourth-order valence-corrected chi connectivity index (χ4v) is 1.98. The molecule has 7 heteroatoms. The molecule has 0 aliphatic heterocycles. The Hall–Kier alpha value is -2.80. The molecule has 0 saturated heterocycles. The molecule has 23 heavy (non-hydrogen) atoms. The zero-order valence-corrected chi connectivity index (χ0v) is 13.2. The van der Waals surface area contributed by atoms with Crippen molar-refractivity contribution in [3.8, 4) is 17.2 Å². The van der Waals surface area contributed by atoms with Gasteiger partial charge in [-0.25, -0.2) is 0 Å². The van der Waals surface area contributed by atoms with Gasteiger partial charge in [0.05, 0.1) is 7.11 Å². The Morgan fingerprint density at radius 3 is 2.43 bits per heavy atom. The van der Waals surface area contributed by atoms with Crippen molar-refractivity contribution in [2.75, 3.05) is 19.0 Å². The maximum absolute atomic E-state index is 11.8. The minimum atomic E-state index is -0.396. The predicted octanol–water partition coefficient (Wildman–Crippen LogP) is 2.29. The number of ether oxygens (including phenoxy) is 2. The minimum absolute atomic E-state index is 0.143. The first-order valence-electron chi connectivity index (χ1n) is 6.74. The van der Waals surface area contributed by atoms with E-state index in [0.717, 1.165) is 0 Å². The number of carbonyl (C=O) groups is 1. The van der Waals surface area contributed by atoms with E-state index in [0.29, 0.717) is 17.2 Å². The number of anilines is 1. The lowest BCUT2D eigenvalue weighted by atomic mass is 10.3. The number of rotatable bonds is 5. The molecule has 2 aromatic carbocycles. The number of amides is 1. The fraction of sp³-hybridized carbons (Fsp3) is 0.125. The van der Waals surface area contributed by atoms with Crippen molar-refractivity contribution in [2.45, 2.75) is 0 Å². The molecule has 0 bridgehead atoms. The third kappa shape index (κ3) is 5.15. The topological polar surface area (TPSA) is 79.8 Å². The van der Waals surface area contributed by atoms with Crippen LogP contribution in [0.2, 0.25) is 0 Å². The quantitative estimate of drug-likeness (QED) is 0.576. The highest BCUT2D eigenvalue weighted by molar-refractivity contribution is 7.80. The van der Waals surface area contributed by atoms with E-state index in [2.05, 4.69) is 10.6 Å². The van der Waals surface area contributed by atoms with Crippen LogP contribution in [0.25, 0.3) is 0 Å². The molecule has 120 valence electrons. The van der Waals surface area contributed by atoms with Crippen LogP contribution in [0.5, 0.6) is 17.2 Å². The van der Waals surface area contributed by atoms with Gasteiger partial charge >= 0.3 is 0 Å². The smallest absolute Gasteiger partial charge is 0.264 e. The van der Waals surface area contributed by atoms with Crippen molar-refractivity contribution < 1.29 is 19.4 Å². The van der Waals surface area contributed by atoms with Crippen molar-refractivity contribution >= 4 is 28.9 Å². The average molecular weight is 332 g/mol. The van der Waals surface area contributed by atoms with Gasteiger partial charge in [0.1, 0.15) is 5.75 Å². The molecule has 0 atom stereocenters. The molecule has 6 nitrogen and oxygen atoms in total. The number of methoxy groups -OCH3 is 1. The Bertz CT molecular complexity index is 689. The maximum Gasteiger partial charge on any atom is 0.264 e. The summed E-state index contributed by atoms with van der Waals surface area (Å²) in [7, 11) is 1.53. The molecular formula is C16H16N2O4S. The van der Waals surface area contributed by atoms with E-state index < -0.39 is 5.91 Å². The van der Waals surface area contributed by atoms with E-state index in [-0.39, 0.29) is 17.5 Å². The molecule has 0 unspecified atom stereocenters. The fourth-order valence-electron chi connectivity index (χ4n) is 1.75. The van der Waals surface area contributed by atoms with E-state index in [9.17, 15) is 9.90 Å². The Balaban J connectivity index is 1.82. The molecular weight excluding hydrogens is 316 g/mol. The van der Waals surface area contributed by atoms with Crippen LogP contribution in [0.3, 0.4) is 0 Å². The van der Waals surface area contributed by atoms with Crippen LogP contribution in [0, 0.1) is 0 Å². The molecule has 2 aromatic rings. The third-order valence-corrected chi connectivity index (χ3v) is 3.01. The number of para-hydroxylation sites is 2. The zero-order chi connectivity index (χ0) is 16.7. The van der Waals surface area contributed by atoms with E-state index in [4.69, 9.17) is 21.7 Å². The second kappa shape index (κ2) is 8.00. The van der Waals surface area contributed by atoms with Gasteiger partial charge in [0.25, 0.3) is 5.91 Å². The molecule has 0 radical (unpaired) electrons. The summed E-state index contributed by atoms with van der Waals surface area (Å²) in [5, 5.41) is 14.7. The summed E-state index contributed by atoms with van der Waals surface area (Å²) < 4.78 is 10.5. The molecule has 1 amide bonds. The summed E-state index contributed by atoms with van der Waals surface area (Å²) in [5.41, 5.74) is 0.652. The third-order valence-electron chi connectivity index (χ3n) is 2.81. The average Bonchev–Trinajstić information content (AvgIpc) is 2.55. The van der Waals surface area contributed by atoms with Gasteiger partial charge in [-0.15, -0.1) is 0 Å².